The topological polar surface area (TPSA) is 37.9 Å². The highest BCUT2D eigenvalue weighted by Gasteiger charge is 2.08. The van der Waals surface area contributed by atoms with Gasteiger partial charge in [-0.15, -0.1) is 0 Å². The van der Waals surface area contributed by atoms with E-state index in [-0.39, 0.29) is 0 Å². The fourth-order valence-corrected chi connectivity index (χ4v) is 2.32. The number of fused-ring (bicyclic) bond motifs is 1. The van der Waals surface area contributed by atoms with Gasteiger partial charge in [0.2, 0.25) is 5.88 Å². The van der Waals surface area contributed by atoms with Gasteiger partial charge in [0.05, 0.1) is 12.1 Å². The minimum atomic E-state index is 0.595. The summed E-state index contributed by atoms with van der Waals surface area (Å²) in [7, 11) is 1.60. The molecule has 3 aromatic rings. The number of pyridine rings is 1. The molecule has 0 bridgehead atoms. The normalized spacial score (nSPS) is 10.8. The number of aromatic nitrogens is 2. The van der Waals surface area contributed by atoms with Crippen LogP contribution in [0.4, 0.5) is 0 Å². The molecule has 18 heavy (non-hydrogen) atoms. The molecule has 0 unspecified atom stereocenters. The van der Waals surface area contributed by atoms with Crippen LogP contribution in [0.5, 0.6) is 5.88 Å². The lowest BCUT2D eigenvalue weighted by molar-refractivity contribution is 0.398. The van der Waals surface area contributed by atoms with Crippen LogP contribution in [0, 0.1) is 0 Å². The first kappa shape index (κ1) is 11.1. The largest absolute Gasteiger partial charge is 0.481 e. The lowest BCUT2D eigenvalue weighted by Gasteiger charge is -2.06. The van der Waals surface area contributed by atoms with Gasteiger partial charge in [-0.3, -0.25) is 0 Å². The van der Waals surface area contributed by atoms with Crippen molar-refractivity contribution in [2.24, 2.45) is 0 Å². The third-order valence-corrected chi connectivity index (χ3v) is 3.33. The second kappa shape index (κ2) is 4.35. The molecule has 2 heterocycles. The monoisotopic (exact) mass is 258 g/mol. The fraction of sp³-hybridized carbons (Fsp3) is 0.0714. The quantitative estimate of drug-likeness (QED) is 0.757. The fourth-order valence-electron chi connectivity index (χ4n) is 1.98. The Labute approximate surface area is 109 Å². The van der Waals surface area contributed by atoms with Crippen molar-refractivity contribution in [2.45, 2.75) is 0 Å². The van der Waals surface area contributed by atoms with Crippen LogP contribution in [-0.4, -0.2) is 17.1 Å². The van der Waals surface area contributed by atoms with Crippen LogP contribution >= 0.6 is 11.6 Å². The van der Waals surface area contributed by atoms with Gasteiger partial charge in [-0.25, -0.2) is 4.98 Å². The lowest BCUT2D eigenvalue weighted by Crippen LogP contribution is -1.87. The van der Waals surface area contributed by atoms with E-state index in [4.69, 9.17) is 16.3 Å². The Balaban J connectivity index is 2.15. The van der Waals surface area contributed by atoms with Gasteiger partial charge in [0.1, 0.15) is 0 Å². The zero-order valence-electron chi connectivity index (χ0n) is 9.77. The van der Waals surface area contributed by atoms with Crippen LogP contribution in [0.25, 0.3) is 22.0 Å². The maximum Gasteiger partial charge on any atom is 0.212 e. The number of H-pyrrole nitrogens is 1. The van der Waals surface area contributed by atoms with Gasteiger partial charge < -0.3 is 9.72 Å². The molecule has 0 radical (unpaired) electrons. The van der Waals surface area contributed by atoms with Crippen molar-refractivity contribution >= 4 is 22.5 Å². The summed E-state index contributed by atoms with van der Waals surface area (Å²) in [5.74, 6) is 0.595. The predicted octanol–water partition coefficient (Wildman–Crippen LogP) is 3.89. The maximum absolute atomic E-state index is 6.41. The molecule has 4 heteroatoms. The molecule has 90 valence electrons. The van der Waals surface area contributed by atoms with Gasteiger partial charge >= 0.3 is 0 Å². The van der Waals surface area contributed by atoms with Gasteiger partial charge in [0, 0.05) is 40.5 Å². The summed E-state index contributed by atoms with van der Waals surface area (Å²) in [4.78, 5) is 7.33. The summed E-state index contributed by atoms with van der Waals surface area (Å²) in [6.45, 7) is 0. The van der Waals surface area contributed by atoms with Crippen molar-refractivity contribution in [1.82, 2.24) is 9.97 Å². The Hall–Kier alpha value is -2.00. The Bertz CT molecular complexity index is 689. The Morgan fingerprint density at radius 3 is 2.78 bits per heavy atom. The van der Waals surface area contributed by atoms with E-state index in [1.54, 1.807) is 13.3 Å². The number of nitrogens with zero attached hydrogens (tertiary/aromatic N) is 1. The smallest absolute Gasteiger partial charge is 0.212 e. The van der Waals surface area contributed by atoms with E-state index in [0.29, 0.717) is 5.88 Å². The second-order valence-corrected chi connectivity index (χ2v) is 4.33. The molecule has 0 aliphatic rings. The molecule has 1 aromatic carbocycles. The molecular weight excluding hydrogens is 248 g/mol. The molecule has 0 aliphatic heterocycles. The number of rotatable bonds is 2. The summed E-state index contributed by atoms with van der Waals surface area (Å²) in [6, 6.07) is 9.75. The van der Waals surface area contributed by atoms with Crippen molar-refractivity contribution in [3.05, 3.63) is 47.7 Å². The van der Waals surface area contributed by atoms with Crippen molar-refractivity contribution in [3.8, 4) is 17.0 Å². The van der Waals surface area contributed by atoms with E-state index in [1.807, 2.05) is 36.5 Å². The summed E-state index contributed by atoms with van der Waals surface area (Å²) >= 11 is 6.41. The van der Waals surface area contributed by atoms with Crippen LogP contribution in [0.15, 0.2) is 42.7 Å². The summed E-state index contributed by atoms with van der Waals surface area (Å²) in [5, 5.41) is 1.76. The molecule has 3 nitrogen and oxygen atoms in total. The highest BCUT2D eigenvalue weighted by Crippen LogP contribution is 2.33. The number of halogens is 1. The molecule has 0 amide bonds. The Morgan fingerprint density at radius 1 is 1.17 bits per heavy atom. The number of aromatic amines is 1. The molecule has 0 saturated heterocycles. The molecule has 2 aromatic heterocycles. The highest BCUT2D eigenvalue weighted by atomic mass is 35.5. The number of methoxy groups -OCH3 is 1. The van der Waals surface area contributed by atoms with Crippen LogP contribution < -0.4 is 4.74 Å². The summed E-state index contributed by atoms with van der Waals surface area (Å²) in [5.41, 5.74) is 2.98. The third kappa shape index (κ3) is 1.73. The number of benzene rings is 1. The van der Waals surface area contributed by atoms with Crippen molar-refractivity contribution in [1.29, 1.82) is 0 Å². The van der Waals surface area contributed by atoms with Crippen LogP contribution in [0.2, 0.25) is 5.02 Å². The zero-order valence-corrected chi connectivity index (χ0v) is 10.5. The lowest BCUT2D eigenvalue weighted by atomic mass is 10.1. The Morgan fingerprint density at radius 2 is 2.06 bits per heavy atom. The average Bonchev–Trinajstić information content (AvgIpc) is 2.89. The first-order chi connectivity index (χ1) is 8.79. The van der Waals surface area contributed by atoms with Gasteiger partial charge in [-0.1, -0.05) is 17.7 Å². The summed E-state index contributed by atoms with van der Waals surface area (Å²) < 4.78 is 5.04. The number of hydrogen-bond acceptors (Lipinski definition) is 2. The van der Waals surface area contributed by atoms with E-state index < -0.39 is 0 Å². The third-order valence-electron chi connectivity index (χ3n) is 2.93. The van der Waals surface area contributed by atoms with Crippen molar-refractivity contribution in [3.63, 3.8) is 0 Å². The summed E-state index contributed by atoms with van der Waals surface area (Å²) in [6.07, 6.45) is 3.64. The molecule has 3 rings (SSSR count). The molecule has 0 atom stereocenters. The van der Waals surface area contributed by atoms with E-state index in [0.717, 1.165) is 27.1 Å². The van der Waals surface area contributed by atoms with Gasteiger partial charge in [-0.05, 0) is 18.2 Å². The standard InChI is InChI=1S/C14H11ClN2O/c1-18-13-5-2-9(8-17-13)10-3-4-12-11(14(10)15)6-7-16-12/h2-8,16H,1H3. The molecule has 0 aliphatic carbocycles. The van der Waals surface area contributed by atoms with Gasteiger partial charge in [0.15, 0.2) is 0 Å². The first-order valence-electron chi connectivity index (χ1n) is 5.55. The molecule has 1 N–H and O–H groups in total. The molecule has 0 fully saturated rings. The minimum absolute atomic E-state index is 0.595. The van der Waals surface area contributed by atoms with Gasteiger partial charge in [-0.2, -0.15) is 0 Å². The first-order valence-corrected chi connectivity index (χ1v) is 5.93. The SMILES string of the molecule is COc1ccc(-c2ccc3[nH]ccc3c2Cl)cn1. The van der Waals surface area contributed by atoms with Crippen molar-refractivity contribution in [2.75, 3.05) is 7.11 Å². The zero-order chi connectivity index (χ0) is 12.5. The van der Waals surface area contributed by atoms with E-state index >= 15 is 0 Å². The van der Waals surface area contributed by atoms with Crippen molar-refractivity contribution < 1.29 is 4.74 Å². The Kier molecular flexibility index (Phi) is 2.68. The number of ether oxygens (including phenoxy) is 1. The second-order valence-electron chi connectivity index (χ2n) is 3.96. The van der Waals surface area contributed by atoms with Gasteiger partial charge in [0.25, 0.3) is 0 Å². The minimum Gasteiger partial charge on any atom is -0.481 e. The molecule has 0 spiro atoms. The van der Waals surface area contributed by atoms with E-state index in [9.17, 15) is 0 Å². The predicted molar refractivity (Wildman–Crippen MR) is 73.1 cm³/mol. The number of nitrogens with one attached hydrogen (secondary N) is 1. The van der Waals surface area contributed by atoms with Crippen LogP contribution in [0.1, 0.15) is 0 Å². The molecular formula is C14H11ClN2O. The van der Waals surface area contributed by atoms with Crippen LogP contribution in [-0.2, 0) is 0 Å². The highest BCUT2D eigenvalue weighted by molar-refractivity contribution is 6.38. The van der Waals surface area contributed by atoms with E-state index in [1.165, 1.54) is 0 Å². The van der Waals surface area contributed by atoms with Crippen LogP contribution in [0.3, 0.4) is 0 Å². The average molecular weight is 259 g/mol. The van der Waals surface area contributed by atoms with E-state index in [2.05, 4.69) is 9.97 Å². The maximum atomic E-state index is 6.41. The molecule has 0 saturated carbocycles. The number of hydrogen-bond donors (Lipinski definition) is 1.